The molecule has 1 saturated carbocycles. The van der Waals surface area contributed by atoms with E-state index >= 15 is 4.39 Å². The summed E-state index contributed by atoms with van der Waals surface area (Å²) in [5.74, 6) is -3.26. The molecule has 2 fully saturated rings. The van der Waals surface area contributed by atoms with Crippen molar-refractivity contribution in [3.63, 3.8) is 0 Å². The number of hydrogen-bond acceptors (Lipinski definition) is 10. The first-order valence-corrected chi connectivity index (χ1v) is 17.9. The first kappa shape index (κ1) is 32.8. The van der Waals surface area contributed by atoms with Crippen molar-refractivity contribution in [2.45, 2.75) is 38.4 Å². The molecule has 1 aliphatic carbocycles. The fourth-order valence-electron chi connectivity index (χ4n) is 6.00. The molecule has 3 heterocycles. The molecule has 6 rings (SSSR count). The molecule has 2 aromatic heterocycles. The smallest absolute Gasteiger partial charge is 0.492 e. The highest BCUT2D eigenvalue weighted by Gasteiger charge is 2.35. The average molecular weight is 691 g/mol. The second-order valence-corrected chi connectivity index (χ2v) is 15.4. The summed E-state index contributed by atoms with van der Waals surface area (Å²) in [6.07, 6.45) is 2.88. The van der Waals surface area contributed by atoms with Gasteiger partial charge in [-0.15, -0.1) is 0 Å². The summed E-state index contributed by atoms with van der Waals surface area (Å²) in [6.45, 7) is 3.16. The Kier molecular flexibility index (Phi) is 8.71. The maximum absolute atomic E-state index is 15.8. The highest BCUT2D eigenvalue weighted by Crippen LogP contribution is 2.45. The van der Waals surface area contributed by atoms with E-state index in [4.69, 9.17) is 23.4 Å². The number of aromatic carboxylic acids is 1. The largest absolute Gasteiger partial charge is 0.519 e. The molecule has 0 bridgehead atoms. The minimum Gasteiger partial charge on any atom is -0.492 e. The second kappa shape index (κ2) is 12.5. The zero-order valence-corrected chi connectivity index (χ0v) is 27.1. The zero-order chi connectivity index (χ0) is 33.8. The molecule has 0 radical (unpaired) electrons. The first-order valence-electron chi connectivity index (χ1n) is 14.7. The number of aromatic nitrogens is 1. The number of ether oxygens (including phenoxy) is 1. The molecule has 4 aromatic rings. The molecule has 1 aliphatic heterocycles. The van der Waals surface area contributed by atoms with Crippen LogP contribution in [0.4, 0.5) is 10.1 Å². The number of nitrogens with zero attached hydrogens (tertiary/aromatic N) is 3. The normalized spacial score (nSPS) is 17.7. The van der Waals surface area contributed by atoms with Crippen LogP contribution in [0, 0.1) is 5.82 Å². The minimum absolute atomic E-state index is 0.0309. The number of anilines is 1. The van der Waals surface area contributed by atoms with Crippen LogP contribution < -0.4 is 26.2 Å². The molecular weight excluding hydrogens is 659 g/mol. The molecule has 248 valence electrons. The minimum atomic E-state index is -4.47. The van der Waals surface area contributed by atoms with E-state index in [2.05, 4.69) is 0 Å². The van der Waals surface area contributed by atoms with E-state index in [-0.39, 0.29) is 52.3 Å². The van der Waals surface area contributed by atoms with Gasteiger partial charge in [-0.3, -0.25) is 14.3 Å². The standard InChI is InChI=1S/C30H30FN3O11P2/c1-16-12-33(25-22(31)11-20-24(28(25)43-2)34(18-5-6-18)13-21(26(20)35)29(36)37)10-9-32(16)14-23-27(45-30(38)44-23)17-3-7-19(8-4-17)46(39)15-47(40,41)42/h3-4,7-8,11,13,16,18H,5-6,9-10,12,14-15H2,1-2H3,(H2-,36,37,40,41,42)/p+1. The van der Waals surface area contributed by atoms with Crippen molar-refractivity contribution in [1.82, 2.24) is 9.47 Å². The molecule has 14 nitrogen and oxygen atoms in total. The Morgan fingerprint density at radius 2 is 1.85 bits per heavy atom. The van der Waals surface area contributed by atoms with Crippen molar-refractivity contribution in [3.05, 3.63) is 74.5 Å². The SMILES string of the molecule is COc1c(N2CCN(Cc3oc(=O)oc3-c3ccc([P+](=O)CP(=O)(O)O)cc3)C(C)C2)c(F)cc2c(=O)c(C(=O)O)cn(C3CC3)c12. The summed E-state index contributed by atoms with van der Waals surface area (Å²) >= 11 is 0. The summed E-state index contributed by atoms with van der Waals surface area (Å²) in [5.41, 5.74) is -0.267. The van der Waals surface area contributed by atoms with Gasteiger partial charge >= 0.3 is 27.2 Å². The summed E-state index contributed by atoms with van der Waals surface area (Å²) < 4.78 is 57.5. The third-order valence-corrected chi connectivity index (χ3v) is 11.8. The Balaban J connectivity index is 1.25. The van der Waals surface area contributed by atoms with Gasteiger partial charge in [0.15, 0.2) is 28.4 Å². The third kappa shape index (κ3) is 6.54. The Morgan fingerprint density at radius 3 is 2.45 bits per heavy atom. The van der Waals surface area contributed by atoms with Crippen LogP contribution in [0.2, 0.25) is 0 Å². The van der Waals surface area contributed by atoms with Crippen LogP contribution in [-0.2, 0) is 15.7 Å². The molecule has 0 amide bonds. The first-order chi connectivity index (χ1) is 22.3. The zero-order valence-electron chi connectivity index (χ0n) is 25.3. The van der Waals surface area contributed by atoms with Crippen LogP contribution in [-0.4, -0.2) is 69.0 Å². The molecule has 2 atom stereocenters. The number of carbonyl (C=O) groups is 1. The number of methoxy groups -OCH3 is 1. The molecule has 2 aromatic carbocycles. The predicted molar refractivity (Wildman–Crippen MR) is 169 cm³/mol. The lowest BCUT2D eigenvalue weighted by Crippen LogP contribution is -2.51. The lowest BCUT2D eigenvalue weighted by atomic mass is 10.1. The number of carboxylic acid groups (broad SMARTS) is 1. The number of piperazine rings is 1. The summed E-state index contributed by atoms with van der Waals surface area (Å²) in [7, 11) is -5.42. The van der Waals surface area contributed by atoms with Crippen LogP contribution in [0.1, 0.15) is 41.9 Å². The molecule has 2 unspecified atom stereocenters. The average Bonchev–Trinajstić information content (AvgIpc) is 3.78. The van der Waals surface area contributed by atoms with Gasteiger partial charge < -0.3 is 37.9 Å². The number of fused-ring (bicyclic) bond motifs is 1. The fraction of sp³-hybridized carbons (Fsp3) is 0.367. The highest BCUT2D eigenvalue weighted by molar-refractivity contribution is 7.69. The van der Waals surface area contributed by atoms with Gasteiger partial charge in [0.05, 0.1) is 24.6 Å². The van der Waals surface area contributed by atoms with E-state index in [1.54, 1.807) is 4.57 Å². The maximum atomic E-state index is 15.8. The van der Waals surface area contributed by atoms with Crippen molar-refractivity contribution in [3.8, 4) is 17.1 Å². The van der Waals surface area contributed by atoms with E-state index in [1.807, 2.05) is 16.7 Å². The van der Waals surface area contributed by atoms with Crippen LogP contribution in [0.15, 0.2) is 55.0 Å². The lowest BCUT2D eigenvalue weighted by Gasteiger charge is -2.41. The number of carboxylic acids is 1. The highest BCUT2D eigenvalue weighted by atomic mass is 31.2. The number of halogens is 1. The number of rotatable bonds is 10. The van der Waals surface area contributed by atoms with E-state index < -0.39 is 49.9 Å². The van der Waals surface area contributed by atoms with Crippen molar-refractivity contribution in [2.24, 2.45) is 0 Å². The van der Waals surface area contributed by atoms with Crippen molar-refractivity contribution in [2.75, 3.05) is 37.5 Å². The van der Waals surface area contributed by atoms with E-state index in [1.165, 1.54) is 37.6 Å². The van der Waals surface area contributed by atoms with Crippen LogP contribution in [0.25, 0.3) is 22.2 Å². The quantitative estimate of drug-likeness (QED) is 0.204. The topological polar surface area (TPSA) is 193 Å². The summed E-state index contributed by atoms with van der Waals surface area (Å²) in [6, 6.07) is 6.79. The third-order valence-electron chi connectivity index (χ3n) is 8.38. The monoisotopic (exact) mass is 690 g/mol. The Labute approximate surface area is 266 Å². The molecule has 17 heteroatoms. The Hall–Kier alpha value is -4.13. The van der Waals surface area contributed by atoms with E-state index in [0.29, 0.717) is 30.7 Å². The van der Waals surface area contributed by atoms with Gasteiger partial charge in [-0.25, -0.2) is 14.0 Å². The van der Waals surface area contributed by atoms with Gasteiger partial charge in [0.1, 0.15) is 11.3 Å². The molecule has 47 heavy (non-hydrogen) atoms. The van der Waals surface area contributed by atoms with Gasteiger partial charge in [-0.1, -0.05) is 4.57 Å². The maximum Gasteiger partial charge on any atom is 0.519 e. The Morgan fingerprint density at radius 1 is 1.15 bits per heavy atom. The summed E-state index contributed by atoms with van der Waals surface area (Å²) in [4.78, 5) is 59.1. The van der Waals surface area contributed by atoms with Crippen LogP contribution in [0.5, 0.6) is 5.75 Å². The van der Waals surface area contributed by atoms with E-state index in [0.717, 1.165) is 18.9 Å². The van der Waals surface area contributed by atoms with Crippen LogP contribution in [0.3, 0.4) is 0 Å². The lowest BCUT2D eigenvalue weighted by molar-refractivity contribution is 0.0694. The van der Waals surface area contributed by atoms with Gasteiger partial charge in [0.25, 0.3) is 5.90 Å². The summed E-state index contributed by atoms with van der Waals surface area (Å²) in [5, 5.41) is 9.77. The molecular formula is C30H31FN3O11P2+. The molecule has 1 saturated heterocycles. The number of benzene rings is 2. The van der Waals surface area contributed by atoms with Gasteiger partial charge in [-0.2, -0.15) is 0 Å². The van der Waals surface area contributed by atoms with Crippen molar-refractivity contribution in [1.29, 1.82) is 0 Å². The predicted octanol–water partition coefficient (Wildman–Crippen LogP) is 3.69. The fourth-order valence-corrected chi connectivity index (χ4v) is 8.48. The van der Waals surface area contributed by atoms with Gasteiger partial charge in [-0.05, 0) is 50.1 Å². The number of pyridine rings is 1. The van der Waals surface area contributed by atoms with Gasteiger partial charge in [0.2, 0.25) is 5.43 Å². The Bertz CT molecular complexity index is 2060. The molecule has 2 aliphatic rings. The van der Waals surface area contributed by atoms with Crippen molar-refractivity contribution >= 4 is 43.3 Å². The van der Waals surface area contributed by atoms with Crippen LogP contribution >= 0.6 is 15.4 Å². The van der Waals surface area contributed by atoms with Crippen molar-refractivity contribution < 1.29 is 46.8 Å². The second-order valence-electron chi connectivity index (χ2n) is 11.7. The van der Waals surface area contributed by atoms with Gasteiger partial charge in [0, 0.05) is 43.5 Å². The molecule has 3 N–H and O–H groups in total. The van der Waals surface area contributed by atoms with E-state index in [9.17, 15) is 28.6 Å². The number of hydrogen-bond donors (Lipinski definition) is 3. The molecule has 0 spiro atoms.